The highest BCUT2D eigenvalue weighted by atomic mass is 32.1. The van der Waals surface area contributed by atoms with E-state index in [9.17, 15) is 4.79 Å². The molecule has 0 atom stereocenters. The Balaban J connectivity index is 1.39. The third-order valence-corrected chi connectivity index (χ3v) is 7.15. The van der Waals surface area contributed by atoms with Gasteiger partial charge in [-0.05, 0) is 64.0 Å². The van der Waals surface area contributed by atoms with Crippen molar-refractivity contribution in [2.24, 2.45) is 0 Å². The Bertz CT molecular complexity index is 1190. The molecule has 4 heterocycles. The van der Waals surface area contributed by atoms with Crippen molar-refractivity contribution < 1.29 is 4.79 Å². The second-order valence-corrected chi connectivity index (χ2v) is 9.53. The lowest BCUT2D eigenvalue weighted by atomic mass is 9.98. The fraction of sp³-hybridized carbons (Fsp3) is 0.375. The molecule has 1 fully saturated rings. The van der Waals surface area contributed by atoms with E-state index in [0.717, 1.165) is 54.0 Å². The third kappa shape index (κ3) is 5.51. The van der Waals surface area contributed by atoms with E-state index in [-0.39, 0.29) is 5.91 Å². The molecule has 1 aliphatic heterocycles. The summed E-state index contributed by atoms with van der Waals surface area (Å²) in [4.78, 5) is 24.3. The molecule has 0 radical (unpaired) electrons. The lowest BCUT2D eigenvalue weighted by molar-refractivity contribution is 0.102. The molecule has 1 aliphatic rings. The Morgan fingerprint density at radius 3 is 2.82 bits per heavy atom. The topological polar surface area (TPSA) is 88.0 Å². The van der Waals surface area contributed by atoms with Crippen LogP contribution in [0.5, 0.6) is 0 Å². The highest BCUT2D eigenvalue weighted by Crippen LogP contribution is 2.30. The maximum absolute atomic E-state index is 13.0. The number of pyridine rings is 1. The molecule has 0 spiro atoms. The van der Waals surface area contributed by atoms with E-state index in [2.05, 4.69) is 30.6 Å². The second kappa shape index (κ2) is 10.9. The van der Waals surface area contributed by atoms with Gasteiger partial charge in [-0.25, -0.2) is 14.6 Å². The number of hydrogen-bond donors (Lipinski definition) is 2. The first kappa shape index (κ1) is 24.0. The van der Waals surface area contributed by atoms with E-state index >= 15 is 0 Å². The smallest absolute Gasteiger partial charge is 0.275 e. The van der Waals surface area contributed by atoms with Gasteiger partial charge in [-0.15, -0.1) is 11.3 Å². The maximum Gasteiger partial charge on any atom is 0.275 e. The summed E-state index contributed by atoms with van der Waals surface area (Å²) in [7, 11) is 0. The fourth-order valence-electron chi connectivity index (χ4n) is 3.98. The summed E-state index contributed by atoms with van der Waals surface area (Å²) in [5.41, 5.74) is 2.87. The van der Waals surface area contributed by atoms with Crippen LogP contribution in [0.2, 0.25) is 0 Å². The largest absolute Gasteiger partial charge is 0.359 e. The molecule has 34 heavy (non-hydrogen) atoms. The number of nitrogens with zero attached hydrogens (tertiary/aromatic N) is 5. The normalized spacial score (nSPS) is 14.5. The first-order valence-electron chi connectivity index (χ1n) is 11.4. The number of hydrogen-bond acceptors (Lipinski definition) is 6. The standard InChI is InChI=1S/C24H29N7OS2/c1-4-5-10-26-24(33)30-12-8-18(9-13-30)23-28-20(15-34-23)22(32)27-19-7-6-11-25-21(19)31-17(3)14-16(2)29-31/h4-7,11,14-15,18H,8-10,12-13H2,1-3H3,(H,26,33)(H,27,32)/b5-4+. The first-order valence-corrected chi connectivity index (χ1v) is 12.6. The van der Waals surface area contributed by atoms with Crippen molar-refractivity contribution in [3.8, 4) is 5.82 Å². The van der Waals surface area contributed by atoms with Gasteiger partial charge in [-0.3, -0.25) is 4.79 Å². The number of allylic oxidation sites excluding steroid dienone is 1. The molecule has 2 N–H and O–H groups in total. The van der Waals surface area contributed by atoms with E-state index < -0.39 is 0 Å². The number of rotatable bonds is 6. The van der Waals surface area contributed by atoms with Gasteiger partial charge in [0.2, 0.25) is 0 Å². The number of thiazole rings is 1. The summed E-state index contributed by atoms with van der Waals surface area (Å²) in [6.07, 6.45) is 7.67. The monoisotopic (exact) mass is 495 g/mol. The van der Waals surface area contributed by atoms with Crippen LogP contribution in [0.4, 0.5) is 5.69 Å². The van der Waals surface area contributed by atoms with E-state index in [1.807, 2.05) is 50.4 Å². The summed E-state index contributed by atoms with van der Waals surface area (Å²) in [5.74, 6) is 0.679. The summed E-state index contributed by atoms with van der Waals surface area (Å²) in [6.45, 7) is 8.40. The average Bonchev–Trinajstić information content (AvgIpc) is 3.46. The summed E-state index contributed by atoms with van der Waals surface area (Å²) in [5, 5.41) is 14.4. The van der Waals surface area contributed by atoms with Gasteiger partial charge in [-0.1, -0.05) is 12.2 Å². The Labute approximate surface area is 209 Å². The number of aryl methyl sites for hydroxylation is 2. The van der Waals surface area contributed by atoms with Crippen LogP contribution in [0.15, 0.2) is 41.9 Å². The van der Waals surface area contributed by atoms with Crippen molar-refractivity contribution in [1.29, 1.82) is 0 Å². The Morgan fingerprint density at radius 1 is 1.32 bits per heavy atom. The number of anilines is 1. The minimum Gasteiger partial charge on any atom is -0.359 e. The van der Waals surface area contributed by atoms with Crippen molar-refractivity contribution in [1.82, 2.24) is 30.0 Å². The fourth-order valence-corrected chi connectivity index (χ4v) is 5.22. The summed E-state index contributed by atoms with van der Waals surface area (Å²) < 4.78 is 1.74. The Kier molecular flexibility index (Phi) is 7.69. The minimum atomic E-state index is -0.245. The number of amides is 1. The zero-order valence-electron chi connectivity index (χ0n) is 19.6. The molecule has 0 unspecified atom stereocenters. The van der Waals surface area contributed by atoms with Crippen LogP contribution in [0.25, 0.3) is 5.82 Å². The predicted octanol–water partition coefficient (Wildman–Crippen LogP) is 4.22. The molecule has 1 saturated heterocycles. The molecular formula is C24H29N7OS2. The van der Waals surface area contributed by atoms with E-state index in [1.54, 1.807) is 28.3 Å². The van der Waals surface area contributed by atoms with Crippen LogP contribution in [0.1, 0.15) is 52.6 Å². The molecule has 10 heteroatoms. The average molecular weight is 496 g/mol. The quantitative estimate of drug-likeness (QED) is 0.391. The van der Waals surface area contributed by atoms with Crippen LogP contribution in [0.3, 0.4) is 0 Å². The van der Waals surface area contributed by atoms with Crippen LogP contribution >= 0.6 is 23.6 Å². The molecule has 4 rings (SSSR count). The highest BCUT2D eigenvalue weighted by Gasteiger charge is 2.25. The number of nitrogens with one attached hydrogen (secondary N) is 2. The van der Waals surface area contributed by atoms with E-state index in [1.165, 1.54) is 0 Å². The number of piperidine rings is 1. The summed E-state index contributed by atoms with van der Waals surface area (Å²) in [6, 6.07) is 5.60. The van der Waals surface area contributed by atoms with Crippen LogP contribution in [-0.4, -0.2) is 55.3 Å². The van der Waals surface area contributed by atoms with Gasteiger partial charge in [0.1, 0.15) is 5.69 Å². The molecule has 3 aromatic heterocycles. The SMILES string of the molecule is C/C=C/CNC(=S)N1CCC(c2nc(C(=O)Nc3cccnc3-n3nc(C)cc3C)cs2)CC1. The minimum absolute atomic E-state index is 0.245. The van der Waals surface area contributed by atoms with Crippen LogP contribution in [-0.2, 0) is 0 Å². The zero-order chi connectivity index (χ0) is 24.1. The Morgan fingerprint density at radius 2 is 2.12 bits per heavy atom. The van der Waals surface area contributed by atoms with Gasteiger partial charge in [-0.2, -0.15) is 5.10 Å². The second-order valence-electron chi connectivity index (χ2n) is 8.25. The molecule has 8 nitrogen and oxygen atoms in total. The number of carbonyl (C=O) groups excluding carboxylic acids is 1. The molecule has 0 aromatic carbocycles. The van der Waals surface area contributed by atoms with Gasteiger partial charge >= 0.3 is 0 Å². The molecule has 0 aliphatic carbocycles. The highest BCUT2D eigenvalue weighted by molar-refractivity contribution is 7.80. The third-order valence-electron chi connectivity index (χ3n) is 5.74. The molecular weight excluding hydrogens is 466 g/mol. The number of aromatic nitrogens is 4. The lowest BCUT2D eigenvalue weighted by Gasteiger charge is -2.33. The molecule has 1 amide bonds. The van der Waals surface area contributed by atoms with Gasteiger partial charge in [0, 0.05) is 42.8 Å². The van der Waals surface area contributed by atoms with E-state index in [0.29, 0.717) is 23.1 Å². The Hall–Kier alpha value is -3.11. The van der Waals surface area contributed by atoms with Gasteiger partial charge < -0.3 is 15.5 Å². The van der Waals surface area contributed by atoms with Crippen LogP contribution < -0.4 is 10.6 Å². The zero-order valence-corrected chi connectivity index (χ0v) is 21.2. The molecule has 178 valence electrons. The van der Waals surface area contributed by atoms with Crippen molar-refractivity contribution in [2.75, 3.05) is 25.0 Å². The predicted molar refractivity (Wildman–Crippen MR) is 140 cm³/mol. The summed E-state index contributed by atoms with van der Waals surface area (Å²) >= 11 is 7.05. The number of likely N-dealkylation sites (tertiary alicyclic amines) is 1. The van der Waals surface area contributed by atoms with Crippen molar-refractivity contribution in [3.05, 3.63) is 64.0 Å². The molecule has 0 saturated carbocycles. The lowest BCUT2D eigenvalue weighted by Crippen LogP contribution is -2.43. The van der Waals surface area contributed by atoms with Gasteiger partial charge in [0.15, 0.2) is 10.9 Å². The van der Waals surface area contributed by atoms with Crippen molar-refractivity contribution in [2.45, 2.75) is 39.5 Å². The van der Waals surface area contributed by atoms with E-state index in [4.69, 9.17) is 12.2 Å². The van der Waals surface area contributed by atoms with Gasteiger partial charge in [0.05, 0.1) is 16.4 Å². The first-order chi connectivity index (χ1) is 16.5. The molecule has 3 aromatic rings. The number of thiocarbonyl (C=S) groups is 1. The molecule has 0 bridgehead atoms. The van der Waals surface area contributed by atoms with Gasteiger partial charge in [0.25, 0.3) is 5.91 Å². The van der Waals surface area contributed by atoms with Crippen molar-refractivity contribution >= 4 is 40.3 Å². The number of carbonyl (C=O) groups is 1. The van der Waals surface area contributed by atoms with Crippen molar-refractivity contribution in [3.63, 3.8) is 0 Å². The van der Waals surface area contributed by atoms with Crippen LogP contribution in [0, 0.1) is 13.8 Å². The maximum atomic E-state index is 13.0.